The van der Waals surface area contributed by atoms with Crippen LogP contribution in [0.5, 0.6) is 0 Å². The van der Waals surface area contributed by atoms with Gasteiger partial charge < -0.3 is 5.32 Å². The first kappa shape index (κ1) is 13.7. The first-order valence-electron chi connectivity index (χ1n) is 5.30. The van der Waals surface area contributed by atoms with Crippen LogP contribution in [0.25, 0.3) is 5.82 Å². The number of alkyl halides is 3. The number of aromatic nitrogens is 3. The van der Waals surface area contributed by atoms with Crippen LogP contribution in [0.3, 0.4) is 0 Å². The number of nitrogens with zero attached hydrogens (tertiary/aromatic N) is 3. The van der Waals surface area contributed by atoms with Crippen molar-refractivity contribution in [1.29, 1.82) is 0 Å². The van der Waals surface area contributed by atoms with Crippen LogP contribution in [0.15, 0.2) is 18.3 Å². The summed E-state index contributed by atoms with van der Waals surface area (Å²) >= 11 is 5.83. The first-order valence-corrected chi connectivity index (χ1v) is 5.68. The Morgan fingerprint density at radius 1 is 1.32 bits per heavy atom. The number of rotatable bonds is 2. The van der Waals surface area contributed by atoms with E-state index in [0.717, 1.165) is 12.1 Å². The van der Waals surface area contributed by atoms with Crippen molar-refractivity contribution in [2.75, 3.05) is 12.4 Å². The zero-order valence-corrected chi connectivity index (χ0v) is 10.8. The lowest BCUT2D eigenvalue weighted by atomic mass is 10.2. The zero-order chi connectivity index (χ0) is 14.2. The first-order chi connectivity index (χ1) is 8.81. The highest BCUT2D eigenvalue weighted by atomic mass is 35.5. The van der Waals surface area contributed by atoms with E-state index in [0.29, 0.717) is 10.7 Å². The molecule has 0 amide bonds. The van der Waals surface area contributed by atoms with Gasteiger partial charge in [0.2, 0.25) is 0 Å². The van der Waals surface area contributed by atoms with E-state index in [4.69, 9.17) is 11.6 Å². The van der Waals surface area contributed by atoms with E-state index in [1.807, 2.05) is 0 Å². The lowest BCUT2D eigenvalue weighted by Crippen LogP contribution is -2.10. The quantitative estimate of drug-likeness (QED) is 0.923. The molecule has 0 radical (unpaired) electrons. The number of hydrogen-bond donors (Lipinski definition) is 1. The summed E-state index contributed by atoms with van der Waals surface area (Å²) in [5, 5.41) is 6.96. The van der Waals surface area contributed by atoms with Crippen LogP contribution in [0.1, 0.15) is 11.3 Å². The summed E-state index contributed by atoms with van der Waals surface area (Å²) in [6.45, 7) is 1.66. The van der Waals surface area contributed by atoms with Gasteiger partial charge in [-0.2, -0.15) is 18.3 Å². The number of aryl methyl sites for hydroxylation is 1. The Bertz CT molecular complexity index is 587. The molecule has 2 heterocycles. The fourth-order valence-electron chi connectivity index (χ4n) is 1.48. The average molecular weight is 291 g/mol. The summed E-state index contributed by atoms with van der Waals surface area (Å²) in [4.78, 5) is 4.02. The van der Waals surface area contributed by atoms with Gasteiger partial charge >= 0.3 is 6.18 Å². The summed E-state index contributed by atoms with van der Waals surface area (Å²) in [6, 6.07) is 1.85. The van der Waals surface area contributed by atoms with E-state index in [9.17, 15) is 13.2 Å². The summed E-state index contributed by atoms with van der Waals surface area (Å²) < 4.78 is 39.5. The minimum Gasteiger partial charge on any atom is -0.373 e. The third-order valence-electron chi connectivity index (χ3n) is 2.47. The molecule has 0 bridgehead atoms. The lowest BCUT2D eigenvalue weighted by molar-refractivity contribution is -0.137. The van der Waals surface area contributed by atoms with Gasteiger partial charge in [0.25, 0.3) is 0 Å². The third-order valence-corrected chi connectivity index (χ3v) is 2.84. The van der Waals surface area contributed by atoms with Gasteiger partial charge in [-0.1, -0.05) is 11.6 Å². The molecular formula is C11H10ClF3N4. The van der Waals surface area contributed by atoms with Gasteiger partial charge in [-0.15, -0.1) is 0 Å². The Morgan fingerprint density at radius 3 is 2.47 bits per heavy atom. The average Bonchev–Trinajstić information content (AvgIpc) is 2.68. The highest BCUT2D eigenvalue weighted by Crippen LogP contribution is 2.31. The second-order valence-electron chi connectivity index (χ2n) is 3.85. The smallest absolute Gasteiger partial charge is 0.373 e. The number of nitrogens with one attached hydrogen (secondary N) is 1. The molecule has 0 fully saturated rings. The van der Waals surface area contributed by atoms with Crippen molar-refractivity contribution in [1.82, 2.24) is 14.8 Å². The van der Waals surface area contributed by atoms with E-state index in [-0.39, 0.29) is 11.6 Å². The van der Waals surface area contributed by atoms with Gasteiger partial charge in [-0.25, -0.2) is 9.67 Å². The molecule has 2 aromatic heterocycles. The predicted molar refractivity (Wildman–Crippen MR) is 65.7 cm³/mol. The van der Waals surface area contributed by atoms with E-state index in [1.165, 1.54) is 17.9 Å². The molecule has 0 aliphatic rings. The van der Waals surface area contributed by atoms with Gasteiger partial charge in [0.05, 0.1) is 22.5 Å². The Balaban J connectivity index is 2.57. The SMILES string of the molecule is CNc1cc(C(F)(F)F)cc(-n2cc(Cl)c(C)n2)n1. The number of anilines is 1. The van der Waals surface area contributed by atoms with E-state index in [1.54, 1.807) is 6.92 Å². The maximum Gasteiger partial charge on any atom is 0.416 e. The molecule has 19 heavy (non-hydrogen) atoms. The number of pyridine rings is 1. The normalized spacial score (nSPS) is 11.7. The summed E-state index contributed by atoms with van der Waals surface area (Å²) in [7, 11) is 1.49. The molecule has 0 saturated carbocycles. The van der Waals surface area contributed by atoms with Crippen LogP contribution in [0.2, 0.25) is 5.02 Å². The fraction of sp³-hybridized carbons (Fsp3) is 0.273. The Labute approximate surface area is 112 Å². The number of hydrogen-bond acceptors (Lipinski definition) is 3. The highest BCUT2D eigenvalue weighted by molar-refractivity contribution is 6.31. The molecule has 0 aliphatic heterocycles. The van der Waals surface area contributed by atoms with E-state index in [2.05, 4.69) is 15.4 Å². The second-order valence-corrected chi connectivity index (χ2v) is 4.26. The monoisotopic (exact) mass is 290 g/mol. The van der Waals surface area contributed by atoms with Crippen LogP contribution < -0.4 is 5.32 Å². The maximum absolute atomic E-state index is 12.8. The molecule has 0 spiro atoms. The molecule has 4 nitrogen and oxygen atoms in total. The van der Waals surface area contributed by atoms with Gasteiger partial charge in [-0.05, 0) is 19.1 Å². The molecule has 2 rings (SSSR count). The molecular weight excluding hydrogens is 281 g/mol. The Kier molecular flexibility index (Phi) is 3.40. The standard InChI is InChI=1S/C11H10ClF3N4/c1-6-8(12)5-19(18-6)10-4-7(11(13,14)15)3-9(16-2)17-10/h3-5H,1-2H3,(H,16,17). The maximum atomic E-state index is 12.8. The second kappa shape index (κ2) is 4.73. The van der Waals surface area contributed by atoms with Crippen molar-refractivity contribution in [3.05, 3.63) is 34.6 Å². The summed E-state index contributed by atoms with van der Waals surface area (Å²) in [5.41, 5.74) is -0.280. The largest absolute Gasteiger partial charge is 0.416 e. The van der Waals surface area contributed by atoms with Crippen molar-refractivity contribution in [3.63, 3.8) is 0 Å². The van der Waals surface area contributed by atoms with Crippen molar-refractivity contribution in [3.8, 4) is 5.82 Å². The molecule has 1 N–H and O–H groups in total. The highest BCUT2D eigenvalue weighted by Gasteiger charge is 2.32. The zero-order valence-electron chi connectivity index (χ0n) is 10.1. The molecule has 0 saturated heterocycles. The van der Waals surface area contributed by atoms with Crippen molar-refractivity contribution in [2.24, 2.45) is 0 Å². The Hall–Kier alpha value is -1.76. The van der Waals surface area contributed by atoms with E-state index < -0.39 is 11.7 Å². The van der Waals surface area contributed by atoms with Gasteiger partial charge in [0.15, 0.2) is 5.82 Å². The summed E-state index contributed by atoms with van der Waals surface area (Å²) in [6.07, 6.45) is -3.03. The molecule has 8 heteroatoms. The number of halogens is 4. The van der Waals surface area contributed by atoms with Crippen molar-refractivity contribution in [2.45, 2.75) is 13.1 Å². The van der Waals surface area contributed by atoms with Crippen molar-refractivity contribution < 1.29 is 13.2 Å². The van der Waals surface area contributed by atoms with Crippen LogP contribution >= 0.6 is 11.6 Å². The molecule has 0 unspecified atom stereocenters. The predicted octanol–water partition coefficient (Wildman–Crippen LogP) is 3.29. The third kappa shape index (κ3) is 2.81. The lowest BCUT2D eigenvalue weighted by Gasteiger charge is -2.11. The fourth-order valence-corrected chi connectivity index (χ4v) is 1.61. The van der Waals surface area contributed by atoms with E-state index >= 15 is 0 Å². The molecule has 0 aromatic carbocycles. The molecule has 2 aromatic rings. The molecule has 102 valence electrons. The van der Waals surface area contributed by atoms with Crippen molar-refractivity contribution >= 4 is 17.4 Å². The topological polar surface area (TPSA) is 42.7 Å². The van der Waals surface area contributed by atoms with Crippen LogP contribution in [0, 0.1) is 6.92 Å². The Morgan fingerprint density at radius 2 is 2.00 bits per heavy atom. The van der Waals surface area contributed by atoms with Crippen LogP contribution in [-0.2, 0) is 6.18 Å². The summed E-state index contributed by atoms with van der Waals surface area (Å²) in [5.74, 6) is 0.156. The van der Waals surface area contributed by atoms with Gasteiger partial charge in [0.1, 0.15) is 5.82 Å². The van der Waals surface area contributed by atoms with Crippen LogP contribution in [-0.4, -0.2) is 21.8 Å². The molecule has 0 atom stereocenters. The minimum atomic E-state index is -4.45. The van der Waals surface area contributed by atoms with Gasteiger partial charge in [0, 0.05) is 7.05 Å². The minimum absolute atomic E-state index is 0.0502. The van der Waals surface area contributed by atoms with Crippen LogP contribution in [0.4, 0.5) is 19.0 Å². The van der Waals surface area contributed by atoms with Gasteiger partial charge in [-0.3, -0.25) is 0 Å². The molecule has 0 aliphatic carbocycles.